The molecule has 5 nitrogen and oxygen atoms in total. The summed E-state index contributed by atoms with van der Waals surface area (Å²) in [5.74, 6) is -0.557. The maximum atomic E-state index is 11.9. The molecule has 2 N–H and O–H groups in total. The summed E-state index contributed by atoms with van der Waals surface area (Å²) in [5, 5.41) is 14.0. The number of rotatable bonds is 3. The first kappa shape index (κ1) is 13.7. The van der Waals surface area contributed by atoms with Gasteiger partial charge in [0.25, 0.3) is 5.91 Å². The highest BCUT2D eigenvalue weighted by Crippen LogP contribution is 2.11. The number of benzene rings is 1. The van der Waals surface area contributed by atoms with E-state index in [9.17, 15) is 9.59 Å². The van der Waals surface area contributed by atoms with E-state index in [0.29, 0.717) is 11.3 Å². The van der Waals surface area contributed by atoms with E-state index >= 15 is 0 Å². The summed E-state index contributed by atoms with van der Waals surface area (Å²) in [6.45, 7) is 4.62. The zero-order valence-corrected chi connectivity index (χ0v) is 10.6. The number of hydrogen-bond acceptors (Lipinski definition) is 3. The van der Waals surface area contributed by atoms with Crippen molar-refractivity contribution in [1.82, 2.24) is 5.32 Å². The van der Waals surface area contributed by atoms with Crippen molar-refractivity contribution in [2.45, 2.75) is 26.3 Å². The number of nitriles is 1. The summed E-state index contributed by atoms with van der Waals surface area (Å²) in [6, 6.07) is 8.52. The zero-order chi connectivity index (χ0) is 13.8. The molecule has 0 spiro atoms. The number of carbonyl (C=O) groups is 2. The first-order valence-electron chi connectivity index (χ1n) is 5.45. The maximum Gasteiger partial charge on any atom is 0.252 e. The Balaban J connectivity index is 2.87. The van der Waals surface area contributed by atoms with Crippen molar-refractivity contribution in [3.05, 3.63) is 29.8 Å². The summed E-state index contributed by atoms with van der Waals surface area (Å²) in [6.07, 6.45) is 0. The Labute approximate surface area is 106 Å². The van der Waals surface area contributed by atoms with Crippen LogP contribution >= 0.6 is 0 Å². The molecular formula is C13H15N3O2. The van der Waals surface area contributed by atoms with Crippen LogP contribution in [0.5, 0.6) is 0 Å². The molecule has 18 heavy (non-hydrogen) atoms. The van der Waals surface area contributed by atoms with Gasteiger partial charge in [0.1, 0.15) is 5.54 Å². The zero-order valence-electron chi connectivity index (χ0n) is 10.6. The van der Waals surface area contributed by atoms with Crippen LogP contribution in [0.25, 0.3) is 0 Å². The van der Waals surface area contributed by atoms with E-state index in [2.05, 4.69) is 10.6 Å². The largest absolute Gasteiger partial charge is 0.334 e. The molecule has 1 aromatic rings. The molecule has 0 saturated carbocycles. The van der Waals surface area contributed by atoms with Gasteiger partial charge < -0.3 is 10.6 Å². The molecule has 0 aromatic heterocycles. The molecule has 0 fully saturated rings. The Hall–Kier alpha value is -2.35. The van der Waals surface area contributed by atoms with Gasteiger partial charge in [-0.15, -0.1) is 0 Å². The smallest absolute Gasteiger partial charge is 0.252 e. The van der Waals surface area contributed by atoms with Gasteiger partial charge in [0.2, 0.25) is 5.91 Å². The lowest BCUT2D eigenvalue weighted by atomic mass is 10.1. The number of anilines is 1. The number of nitrogens with one attached hydrogen (secondary N) is 2. The molecule has 1 rings (SSSR count). The van der Waals surface area contributed by atoms with E-state index in [1.54, 1.807) is 38.1 Å². The van der Waals surface area contributed by atoms with Gasteiger partial charge in [-0.2, -0.15) is 5.26 Å². The van der Waals surface area contributed by atoms with Crippen LogP contribution in [-0.2, 0) is 4.79 Å². The monoisotopic (exact) mass is 245 g/mol. The third-order valence-electron chi connectivity index (χ3n) is 2.15. The van der Waals surface area contributed by atoms with Crippen LogP contribution in [0.3, 0.4) is 0 Å². The molecule has 1 aromatic carbocycles. The molecule has 0 bridgehead atoms. The average Bonchev–Trinajstić information content (AvgIpc) is 2.28. The third kappa shape index (κ3) is 3.91. The minimum atomic E-state index is -0.929. The summed E-state index contributed by atoms with van der Waals surface area (Å²) in [5.41, 5.74) is 0.00987. The normalized spacial score (nSPS) is 10.3. The Bertz CT molecular complexity index is 515. The molecule has 94 valence electrons. The fraction of sp³-hybridized carbons (Fsp3) is 0.308. The van der Waals surface area contributed by atoms with Gasteiger partial charge in [-0.3, -0.25) is 9.59 Å². The van der Waals surface area contributed by atoms with Gasteiger partial charge in [0.15, 0.2) is 0 Å². The average molecular weight is 245 g/mol. The number of amides is 2. The summed E-state index contributed by atoms with van der Waals surface area (Å²) in [4.78, 5) is 22.8. The van der Waals surface area contributed by atoms with Gasteiger partial charge in [-0.05, 0) is 32.0 Å². The predicted octanol–water partition coefficient (Wildman–Crippen LogP) is 1.68. The van der Waals surface area contributed by atoms with Crippen LogP contribution in [0.2, 0.25) is 0 Å². The van der Waals surface area contributed by atoms with Crippen LogP contribution in [0.15, 0.2) is 24.3 Å². The van der Waals surface area contributed by atoms with Crippen molar-refractivity contribution in [2.75, 3.05) is 5.32 Å². The van der Waals surface area contributed by atoms with Crippen LogP contribution in [0.4, 0.5) is 5.69 Å². The van der Waals surface area contributed by atoms with E-state index in [0.717, 1.165) is 0 Å². The Morgan fingerprint density at radius 2 is 2.00 bits per heavy atom. The SMILES string of the molecule is CC(=O)Nc1cccc(C(=O)NC(C)(C)C#N)c1. The molecule has 0 atom stereocenters. The van der Waals surface area contributed by atoms with Gasteiger partial charge in [0.05, 0.1) is 6.07 Å². The summed E-state index contributed by atoms with van der Waals surface area (Å²) < 4.78 is 0. The van der Waals surface area contributed by atoms with Crippen molar-refractivity contribution in [3.8, 4) is 6.07 Å². The minimum Gasteiger partial charge on any atom is -0.334 e. The fourth-order valence-electron chi connectivity index (χ4n) is 1.33. The molecule has 0 aliphatic carbocycles. The highest BCUT2D eigenvalue weighted by Gasteiger charge is 2.20. The van der Waals surface area contributed by atoms with Gasteiger partial charge >= 0.3 is 0 Å². The highest BCUT2D eigenvalue weighted by atomic mass is 16.2. The van der Waals surface area contributed by atoms with Crippen LogP contribution < -0.4 is 10.6 Å². The van der Waals surface area contributed by atoms with Crippen LogP contribution in [-0.4, -0.2) is 17.4 Å². The van der Waals surface area contributed by atoms with E-state index in [1.807, 2.05) is 6.07 Å². The summed E-state index contributed by atoms with van der Waals surface area (Å²) in [7, 11) is 0. The van der Waals surface area contributed by atoms with Crippen molar-refractivity contribution in [1.29, 1.82) is 5.26 Å². The first-order chi connectivity index (χ1) is 8.34. The second-order valence-corrected chi connectivity index (χ2v) is 4.45. The number of carbonyl (C=O) groups excluding carboxylic acids is 2. The van der Waals surface area contributed by atoms with Crippen molar-refractivity contribution >= 4 is 17.5 Å². The molecule has 0 aliphatic rings. The molecule has 0 heterocycles. The topological polar surface area (TPSA) is 82.0 Å². The minimum absolute atomic E-state index is 0.204. The van der Waals surface area contributed by atoms with Crippen molar-refractivity contribution in [3.63, 3.8) is 0 Å². The van der Waals surface area contributed by atoms with Gasteiger partial charge in [-0.25, -0.2) is 0 Å². The van der Waals surface area contributed by atoms with E-state index < -0.39 is 5.54 Å². The Kier molecular flexibility index (Phi) is 4.05. The Morgan fingerprint density at radius 1 is 1.33 bits per heavy atom. The number of nitrogens with zero attached hydrogens (tertiary/aromatic N) is 1. The highest BCUT2D eigenvalue weighted by molar-refractivity contribution is 5.97. The lowest BCUT2D eigenvalue weighted by Gasteiger charge is -2.17. The molecule has 0 aliphatic heterocycles. The quantitative estimate of drug-likeness (QED) is 0.849. The molecule has 0 saturated heterocycles. The lowest BCUT2D eigenvalue weighted by molar-refractivity contribution is -0.114. The Morgan fingerprint density at radius 3 is 2.56 bits per heavy atom. The van der Waals surface area contributed by atoms with Gasteiger partial charge in [-0.1, -0.05) is 6.07 Å². The van der Waals surface area contributed by atoms with E-state index in [1.165, 1.54) is 6.92 Å². The molecule has 2 amide bonds. The maximum absolute atomic E-state index is 11.9. The summed E-state index contributed by atoms with van der Waals surface area (Å²) >= 11 is 0. The predicted molar refractivity (Wildman–Crippen MR) is 67.9 cm³/mol. The molecular weight excluding hydrogens is 230 g/mol. The molecule has 0 radical (unpaired) electrons. The number of hydrogen-bond donors (Lipinski definition) is 2. The van der Waals surface area contributed by atoms with E-state index in [-0.39, 0.29) is 11.8 Å². The first-order valence-corrected chi connectivity index (χ1v) is 5.45. The van der Waals surface area contributed by atoms with Crippen molar-refractivity contribution < 1.29 is 9.59 Å². The van der Waals surface area contributed by atoms with Crippen LogP contribution in [0, 0.1) is 11.3 Å². The van der Waals surface area contributed by atoms with E-state index in [4.69, 9.17) is 5.26 Å². The standard InChI is InChI=1S/C13H15N3O2/c1-9(17)15-11-6-4-5-10(7-11)12(18)16-13(2,3)8-14/h4-7H,1-3H3,(H,15,17)(H,16,18). The second-order valence-electron chi connectivity index (χ2n) is 4.45. The van der Waals surface area contributed by atoms with Crippen molar-refractivity contribution in [2.24, 2.45) is 0 Å². The molecule has 0 unspecified atom stereocenters. The molecule has 5 heteroatoms. The lowest BCUT2D eigenvalue weighted by Crippen LogP contribution is -2.42. The van der Waals surface area contributed by atoms with Gasteiger partial charge in [0, 0.05) is 18.2 Å². The second kappa shape index (κ2) is 5.32. The third-order valence-corrected chi connectivity index (χ3v) is 2.15. The fourth-order valence-corrected chi connectivity index (χ4v) is 1.33. The van der Waals surface area contributed by atoms with Crippen LogP contribution in [0.1, 0.15) is 31.1 Å².